The maximum Gasteiger partial charge on any atom is 0.0454 e. The minimum Gasteiger partial charge on any atom is -0.313 e. The first kappa shape index (κ1) is 12.0. The molecule has 0 amide bonds. The van der Waals surface area contributed by atoms with Crippen molar-refractivity contribution in [2.24, 2.45) is 5.92 Å². The standard InChI is InChI=1S/C11H15BrClN/c1-7(2)11(14-3)9-6-8(12)4-5-10(9)13/h4-7,11,14H,1-3H3. The molecule has 1 N–H and O–H groups in total. The highest BCUT2D eigenvalue weighted by Gasteiger charge is 2.16. The van der Waals surface area contributed by atoms with Gasteiger partial charge in [-0.1, -0.05) is 41.4 Å². The minimum atomic E-state index is 0.306. The van der Waals surface area contributed by atoms with Gasteiger partial charge in [0.15, 0.2) is 0 Å². The van der Waals surface area contributed by atoms with Crippen molar-refractivity contribution in [1.29, 1.82) is 0 Å². The third-order valence-corrected chi connectivity index (χ3v) is 3.11. The predicted molar refractivity (Wildman–Crippen MR) is 65.8 cm³/mol. The van der Waals surface area contributed by atoms with E-state index in [1.165, 1.54) is 0 Å². The number of rotatable bonds is 3. The summed E-state index contributed by atoms with van der Waals surface area (Å²) in [6.45, 7) is 4.36. The van der Waals surface area contributed by atoms with Crippen LogP contribution in [-0.2, 0) is 0 Å². The maximum atomic E-state index is 6.15. The third kappa shape index (κ3) is 2.72. The van der Waals surface area contributed by atoms with E-state index in [1.54, 1.807) is 0 Å². The van der Waals surface area contributed by atoms with E-state index in [4.69, 9.17) is 11.6 Å². The average molecular weight is 277 g/mol. The fraction of sp³-hybridized carbons (Fsp3) is 0.455. The molecular formula is C11H15BrClN. The molecule has 1 aromatic carbocycles. The molecule has 14 heavy (non-hydrogen) atoms. The molecular weight excluding hydrogens is 261 g/mol. The van der Waals surface area contributed by atoms with E-state index in [0.29, 0.717) is 12.0 Å². The van der Waals surface area contributed by atoms with Gasteiger partial charge in [-0.3, -0.25) is 0 Å². The molecule has 78 valence electrons. The van der Waals surface area contributed by atoms with Crippen molar-refractivity contribution in [2.75, 3.05) is 7.05 Å². The molecule has 1 nitrogen and oxygen atoms in total. The molecule has 0 aromatic heterocycles. The lowest BCUT2D eigenvalue weighted by molar-refractivity contribution is 0.443. The molecule has 0 bridgehead atoms. The van der Waals surface area contributed by atoms with Gasteiger partial charge in [0.25, 0.3) is 0 Å². The number of hydrogen-bond acceptors (Lipinski definition) is 1. The second-order valence-electron chi connectivity index (χ2n) is 3.68. The Balaban J connectivity index is 3.08. The van der Waals surface area contributed by atoms with Crippen LogP contribution >= 0.6 is 27.5 Å². The van der Waals surface area contributed by atoms with E-state index in [9.17, 15) is 0 Å². The van der Waals surface area contributed by atoms with Gasteiger partial charge < -0.3 is 5.32 Å². The van der Waals surface area contributed by atoms with Crippen LogP contribution in [0.15, 0.2) is 22.7 Å². The van der Waals surface area contributed by atoms with Gasteiger partial charge in [-0.2, -0.15) is 0 Å². The smallest absolute Gasteiger partial charge is 0.0454 e. The number of nitrogens with one attached hydrogen (secondary N) is 1. The van der Waals surface area contributed by atoms with Gasteiger partial charge >= 0.3 is 0 Å². The normalized spacial score (nSPS) is 13.3. The Morgan fingerprint density at radius 3 is 2.50 bits per heavy atom. The lowest BCUT2D eigenvalue weighted by Gasteiger charge is -2.22. The molecule has 1 unspecified atom stereocenters. The van der Waals surface area contributed by atoms with Gasteiger partial charge in [-0.05, 0) is 36.7 Å². The minimum absolute atomic E-state index is 0.306. The molecule has 0 saturated carbocycles. The molecule has 0 fully saturated rings. The SMILES string of the molecule is CNC(c1cc(Br)ccc1Cl)C(C)C. The Morgan fingerprint density at radius 2 is 2.00 bits per heavy atom. The van der Waals surface area contributed by atoms with Gasteiger partial charge in [0, 0.05) is 15.5 Å². The Kier molecular flexibility index (Phi) is 4.42. The summed E-state index contributed by atoms with van der Waals surface area (Å²) in [7, 11) is 1.96. The van der Waals surface area contributed by atoms with Crippen LogP contribution in [0.5, 0.6) is 0 Å². The number of benzene rings is 1. The topological polar surface area (TPSA) is 12.0 Å². The molecule has 1 atom stereocenters. The van der Waals surface area contributed by atoms with Crippen LogP contribution in [0.2, 0.25) is 5.02 Å². The van der Waals surface area contributed by atoms with Crippen molar-refractivity contribution in [2.45, 2.75) is 19.9 Å². The van der Waals surface area contributed by atoms with E-state index in [-0.39, 0.29) is 0 Å². The lowest BCUT2D eigenvalue weighted by atomic mass is 9.96. The van der Waals surface area contributed by atoms with Crippen LogP contribution in [0.3, 0.4) is 0 Å². The van der Waals surface area contributed by atoms with Crippen molar-refractivity contribution in [3.63, 3.8) is 0 Å². The number of halogens is 2. The Bertz CT molecular complexity index is 312. The summed E-state index contributed by atoms with van der Waals surface area (Å²) >= 11 is 9.61. The fourth-order valence-corrected chi connectivity index (χ4v) is 2.21. The molecule has 1 rings (SSSR count). The summed E-state index contributed by atoms with van der Waals surface area (Å²) in [5.41, 5.74) is 1.15. The molecule has 0 saturated heterocycles. The zero-order valence-electron chi connectivity index (χ0n) is 8.64. The first-order valence-electron chi connectivity index (χ1n) is 4.68. The summed E-state index contributed by atoms with van der Waals surface area (Å²) in [6, 6.07) is 6.26. The van der Waals surface area contributed by atoms with Gasteiger partial charge in [0.1, 0.15) is 0 Å². The first-order valence-corrected chi connectivity index (χ1v) is 5.85. The quantitative estimate of drug-likeness (QED) is 0.879. The highest BCUT2D eigenvalue weighted by Crippen LogP contribution is 2.30. The lowest BCUT2D eigenvalue weighted by Crippen LogP contribution is -2.22. The van der Waals surface area contributed by atoms with Crippen molar-refractivity contribution in [3.05, 3.63) is 33.3 Å². The van der Waals surface area contributed by atoms with Crippen LogP contribution in [0, 0.1) is 5.92 Å². The van der Waals surface area contributed by atoms with Crippen molar-refractivity contribution >= 4 is 27.5 Å². The molecule has 1 aromatic rings. The zero-order chi connectivity index (χ0) is 10.7. The van der Waals surface area contributed by atoms with Crippen molar-refractivity contribution in [1.82, 2.24) is 5.32 Å². The van der Waals surface area contributed by atoms with Gasteiger partial charge in [-0.15, -0.1) is 0 Å². The first-order chi connectivity index (χ1) is 6.56. The van der Waals surface area contributed by atoms with Crippen LogP contribution in [-0.4, -0.2) is 7.05 Å². The van der Waals surface area contributed by atoms with Crippen LogP contribution in [0.25, 0.3) is 0 Å². The van der Waals surface area contributed by atoms with E-state index < -0.39 is 0 Å². The van der Waals surface area contributed by atoms with Crippen LogP contribution in [0.1, 0.15) is 25.5 Å². The summed E-state index contributed by atoms with van der Waals surface area (Å²) in [5, 5.41) is 4.10. The highest BCUT2D eigenvalue weighted by atomic mass is 79.9. The number of hydrogen-bond donors (Lipinski definition) is 1. The highest BCUT2D eigenvalue weighted by molar-refractivity contribution is 9.10. The third-order valence-electron chi connectivity index (χ3n) is 2.27. The fourth-order valence-electron chi connectivity index (χ4n) is 1.60. The monoisotopic (exact) mass is 275 g/mol. The molecule has 0 aliphatic carbocycles. The Hall–Kier alpha value is -0.0500. The molecule has 0 aliphatic rings. The molecule has 0 spiro atoms. The van der Waals surface area contributed by atoms with E-state index in [0.717, 1.165) is 15.1 Å². The average Bonchev–Trinajstić information content (AvgIpc) is 2.11. The molecule has 0 radical (unpaired) electrons. The van der Waals surface area contributed by atoms with Gasteiger partial charge in [0.2, 0.25) is 0 Å². The van der Waals surface area contributed by atoms with Crippen molar-refractivity contribution < 1.29 is 0 Å². The molecule has 3 heteroatoms. The van der Waals surface area contributed by atoms with E-state index in [1.807, 2.05) is 19.2 Å². The maximum absolute atomic E-state index is 6.15. The largest absolute Gasteiger partial charge is 0.313 e. The molecule has 0 aliphatic heterocycles. The van der Waals surface area contributed by atoms with Crippen LogP contribution in [0.4, 0.5) is 0 Å². The Morgan fingerprint density at radius 1 is 1.36 bits per heavy atom. The summed E-state index contributed by atoms with van der Waals surface area (Å²) in [4.78, 5) is 0. The summed E-state index contributed by atoms with van der Waals surface area (Å²) in [6.07, 6.45) is 0. The predicted octanol–water partition coefficient (Wildman–Crippen LogP) is 4.02. The summed E-state index contributed by atoms with van der Waals surface area (Å²) < 4.78 is 1.07. The van der Waals surface area contributed by atoms with Crippen LogP contribution < -0.4 is 5.32 Å². The summed E-state index contributed by atoms with van der Waals surface area (Å²) in [5.74, 6) is 0.520. The van der Waals surface area contributed by atoms with Gasteiger partial charge in [-0.25, -0.2) is 0 Å². The van der Waals surface area contributed by atoms with E-state index >= 15 is 0 Å². The zero-order valence-corrected chi connectivity index (χ0v) is 11.0. The second kappa shape index (κ2) is 5.15. The molecule has 0 heterocycles. The van der Waals surface area contributed by atoms with E-state index in [2.05, 4.69) is 41.2 Å². The van der Waals surface area contributed by atoms with Gasteiger partial charge in [0.05, 0.1) is 0 Å². The van der Waals surface area contributed by atoms with Crippen molar-refractivity contribution in [3.8, 4) is 0 Å². The second-order valence-corrected chi connectivity index (χ2v) is 5.00. The Labute approximate surface area is 99.0 Å².